The number of thiophene rings is 1. The molecule has 3 heterocycles. The number of hydrogen-bond acceptors (Lipinski definition) is 3. The Morgan fingerprint density at radius 3 is 2.24 bits per heavy atom. The number of furan rings is 1. The third-order valence-electron chi connectivity index (χ3n) is 8.87. The Labute approximate surface area is 271 Å². The van der Waals surface area contributed by atoms with Gasteiger partial charge in [0.1, 0.15) is 11.2 Å². The van der Waals surface area contributed by atoms with Crippen molar-refractivity contribution in [2.24, 2.45) is 0 Å². The molecule has 2 nitrogen and oxygen atoms in total. The highest BCUT2D eigenvalue weighted by atomic mass is 32.1. The highest BCUT2D eigenvalue weighted by molar-refractivity contribution is 7.21. The first-order valence-corrected chi connectivity index (χ1v) is 16.2. The van der Waals surface area contributed by atoms with Crippen LogP contribution in [0.5, 0.6) is 0 Å². The summed E-state index contributed by atoms with van der Waals surface area (Å²) < 4.78 is 7.28. The van der Waals surface area contributed by atoms with Gasteiger partial charge in [0.05, 0.1) is 10.4 Å². The Balaban J connectivity index is 1.07. The Morgan fingerprint density at radius 1 is 0.652 bits per heavy atom. The number of anilines is 2. The van der Waals surface area contributed by atoms with E-state index >= 15 is 0 Å². The molecule has 0 saturated heterocycles. The van der Waals surface area contributed by atoms with E-state index in [-0.39, 0.29) is 0 Å². The Hall–Kier alpha value is -5.86. The number of benzene rings is 5. The molecule has 1 aliphatic heterocycles. The molecule has 216 valence electrons. The maximum atomic E-state index is 6.03. The summed E-state index contributed by atoms with van der Waals surface area (Å²) in [6, 6.07) is 36.8. The number of nitrogens with zero attached hydrogens (tertiary/aromatic N) is 1. The third kappa shape index (κ3) is 4.34. The van der Waals surface area contributed by atoms with Gasteiger partial charge in [-0.1, -0.05) is 97.6 Å². The van der Waals surface area contributed by atoms with E-state index < -0.39 is 0 Å². The van der Waals surface area contributed by atoms with Gasteiger partial charge in [0.2, 0.25) is 0 Å². The molecule has 0 fully saturated rings. The van der Waals surface area contributed by atoms with Gasteiger partial charge in [-0.3, -0.25) is 0 Å². The molecule has 0 bridgehead atoms. The molecule has 3 heteroatoms. The predicted molar refractivity (Wildman–Crippen MR) is 197 cm³/mol. The minimum absolute atomic E-state index is 0.917. The molecule has 0 spiro atoms. The quantitative estimate of drug-likeness (QED) is 0.186. The Morgan fingerprint density at radius 2 is 1.39 bits per heavy atom. The van der Waals surface area contributed by atoms with Crippen molar-refractivity contribution >= 4 is 72.5 Å². The second-order valence-corrected chi connectivity index (χ2v) is 12.6. The highest BCUT2D eigenvalue weighted by Gasteiger charge is 2.21. The maximum Gasteiger partial charge on any atom is 0.135 e. The van der Waals surface area contributed by atoms with Crippen LogP contribution in [0.3, 0.4) is 0 Å². The molecule has 0 amide bonds. The van der Waals surface area contributed by atoms with Crippen LogP contribution in [0.4, 0.5) is 11.4 Å². The molecule has 0 saturated carbocycles. The van der Waals surface area contributed by atoms with Crippen LogP contribution in [-0.2, 0) is 0 Å². The van der Waals surface area contributed by atoms with Gasteiger partial charge in [-0.25, -0.2) is 0 Å². The van der Waals surface area contributed by atoms with Crippen molar-refractivity contribution in [2.45, 2.75) is 0 Å². The maximum absolute atomic E-state index is 6.03. The van der Waals surface area contributed by atoms with Crippen LogP contribution in [0, 0.1) is 0 Å². The summed E-state index contributed by atoms with van der Waals surface area (Å²) in [5.41, 5.74) is 15.5. The number of allylic oxidation sites excluding steroid dienone is 6. The molecule has 9 rings (SSSR count). The lowest BCUT2D eigenvalue weighted by molar-refractivity contribution is 0.669. The van der Waals surface area contributed by atoms with Crippen LogP contribution in [0.25, 0.3) is 72.0 Å². The van der Waals surface area contributed by atoms with E-state index in [0.29, 0.717) is 0 Å². The molecule has 0 atom stereocenters. The first-order valence-electron chi connectivity index (χ1n) is 15.4. The second-order valence-electron chi connectivity index (χ2n) is 11.6. The average molecular weight is 606 g/mol. The van der Waals surface area contributed by atoms with E-state index in [1.54, 1.807) is 0 Å². The molecule has 0 unspecified atom stereocenters. The first kappa shape index (κ1) is 26.5. The molecular formula is C43H27NOS. The van der Waals surface area contributed by atoms with Gasteiger partial charge in [0, 0.05) is 44.1 Å². The first-order chi connectivity index (χ1) is 22.7. The normalized spacial score (nSPS) is 15.1. The summed E-state index contributed by atoms with van der Waals surface area (Å²) in [6.07, 6.45) is 16.7. The van der Waals surface area contributed by atoms with Crippen molar-refractivity contribution in [3.63, 3.8) is 0 Å². The fraction of sp³-hybridized carbons (Fsp3) is 0. The highest BCUT2D eigenvalue weighted by Crippen LogP contribution is 2.46. The molecule has 46 heavy (non-hydrogen) atoms. The monoisotopic (exact) mass is 605 g/mol. The van der Waals surface area contributed by atoms with Crippen molar-refractivity contribution < 1.29 is 4.42 Å². The largest absolute Gasteiger partial charge is 0.456 e. The van der Waals surface area contributed by atoms with E-state index in [1.165, 1.54) is 42.8 Å². The molecule has 0 N–H and O–H groups in total. The van der Waals surface area contributed by atoms with Crippen LogP contribution in [0.15, 0.2) is 156 Å². The van der Waals surface area contributed by atoms with Crippen LogP contribution < -0.4 is 4.90 Å². The molecule has 7 aromatic rings. The van der Waals surface area contributed by atoms with Gasteiger partial charge in [-0.05, 0) is 82.5 Å². The summed E-state index contributed by atoms with van der Waals surface area (Å²) in [4.78, 5) is 3.54. The molecular weight excluding hydrogens is 579 g/mol. The van der Waals surface area contributed by atoms with E-state index in [4.69, 9.17) is 4.42 Å². The lowest BCUT2D eigenvalue weighted by atomic mass is 9.98. The number of rotatable bonds is 3. The minimum atomic E-state index is 0.917. The van der Waals surface area contributed by atoms with Crippen molar-refractivity contribution in [3.8, 4) is 22.3 Å². The fourth-order valence-corrected chi connectivity index (χ4v) is 7.78. The van der Waals surface area contributed by atoms with Gasteiger partial charge in [0.25, 0.3) is 0 Å². The van der Waals surface area contributed by atoms with E-state index in [2.05, 4.69) is 151 Å². The summed E-state index contributed by atoms with van der Waals surface area (Å²) >= 11 is 1.82. The molecule has 5 aromatic carbocycles. The molecule has 2 aliphatic rings. The summed E-state index contributed by atoms with van der Waals surface area (Å²) in [6.45, 7) is 4.41. The number of fused-ring (bicyclic) bond motifs is 8. The summed E-state index contributed by atoms with van der Waals surface area (Å²) in [7, 11) is 0. The van der Waals surface area contributed by atoms with Crippen LogP contribution in [0.2, 0.25) is 0 Å². The van der Waals surface area contributed by atoms with Crippen molar-refractivity contribution in [1.82, 2.24) is 0 Å². The van der Waals surface area contributed by atoms with Crippen molar-refractivity contribution in [2.75, 3.05) is 4.90 Å². The predicted octanol–water partition coefficient (Wildman–Crippen LogP) is 12.6. The van der Waals surface area contributed by atoms with E-state index in [1.807, 2.05) is 29.5 Å². The zero-order valence-electron chi connectivity index (χ0n) is 24.9. The lowest BCUT2D eigenvalue weighted by Crippen LogP contribution is -2.11. The second kappa shape index (κ2) is 10.6. The average Bonchev–Trinajstić information content (AvgIpc) is 3.55. The van der Waals surface area contributed by atoms with Gasteiger partial charge in [0.15, 0.2) is 0 Å². The summed E-state index contributed by atoms with van der Waals surface area (Å²) in [5.74, 6) is 0. The minimum Gasteiger partial charge on any atom is -0.456 e. The smallest absolute Gasteiger partial charge is 0.135 e. The van der Waals surface area contributed by atoms with Gasteiger partial charge >= 0.3 is 0 Å². The molecule has 0 radical (unpaired) electrons. The topological polar surface area (TPSA) is 16.4 Å². The number of para-hydroxylation sites is 1. The van der Waals surface area contributed by atoms with Crippen LogP contribution >= 0.6 is 11.3 Å². The van der Waals surface area contributed by atoms with Gasteiger partial charge in [-0.15, -0.1) is 17.1 Å². The SMILES string of the molecule is C=C1/C=C\C=C/N(c2ccc(-c3ccc(-c4ccc5oc6ccccc6c5c4)cc3)cc2)c2c1ccc1c3c(sc21)C=CC=C=C3. The van der Waals surface area contributed by atoms with Gasteiger partial charge in [-0.2, -0.15) is 0 Å². The fourth-order valence-electron chi connectivity index (χ4n) is 6.54. The van der Waals surface area contributed by atoms with Crippen molar-refractivity contribution in [1.29, 1.82) is 0 Å². The Bertz CT molecular complexity index is 2510. The third-order valence-corrected chi connectivity index (χ3v) is 10.1. The van der Waals surface area contributed by atoms with Crippen molar-refractivity contribution in [3.05, 3.63) is 168 Å². The van der Waals surface area contributed by atoms with Crippen LogP contribution in [-0.4, -0.2) is 0 Å². The summed E-state index contributed by atoms with van der Waals surface area (Å²) in [5, 5.41) is 3.53. The lowest BCUT2D eigenvalue weighted by Gasteiger charge is -2.26. The van der Waals surface area contributed by atoms with Crippen LogP contribution in [0.1, 0.15) is 16.0 Å². The zero-order chi connectivity index (χ0) is 30.6. The van der Waals surface area contributed by atoms with E-state index in [9.17, 15) is 0 Å². The molecule has 1 aliphatic carbocycles. The Kier molecular flexibility index (Phi) is 6.14. The van der Waals surface area contributed by atoms with E-state index in [0.717, 1.165) is 44.4 Å². The standard InChI is InChI=1S/C43H27NOS/c1-28-9-7-8-26-44(42-34(28)23-24-37-36-11-3-2-4-13-41(36)46-43(37)42)33-21-18-30(19-22-33)29-14-16-31(17-15-29)32-20-25-40-38(27-32)35-10-5-6-12-39(35)45-40/h2,4-27H,1H2/b9-7-,26-8-. The number of hydrogen-bond donors (Lipinski definition) is 0. The molecule has 2 aromatic heterocycles. The van der Waals surface area contributed by atoms with Gasteiger partial charge < -0.3 is 9.32 Å². The zero-order valence-corrected chi connectivity index (χ0v) is 25.7.